The molecule has 6 heteroatoms. The highest BCUT2D eigenvalue weighted by atomic mass is 16.5. The number of H-pyrrole nitrogens is 1. The second-order valence-corrected chi connectivity index (χ2v) is 6.93. The van der Waals surface area contributed by atoms with Crippen LogP contribution >= 0.6 is 0 Å². The van der Waals surface area contributed by atoms with Crippen LogP contribution in [0.1, 0.15) is 34.9 Å². The van der Waals surface area contributed by atoms with E-state index in [4.69, 9.17) is 4.74 Å². The first-order valence-corrected chi connectivity index (χ1v) is 8.66. The lowest BCUT2D eigenvalue weighted by Gasteiger charge is -2.31. The van der Waals surface area contributed by atoms with Crippen LogP contribution < -0.4 is 0 Å². The second-order valence-electron chi connectivity index (χ2n) is 6.93. The SMILES string of the molecule is O=C(c1cc[nH]c1)N1CC[C@@]23O[C@H](c4ccccc4)CN2C(=O)C[C@@H]13. The third-order valence-electron chi connectivity index (χ3n) is 5.71. The number of rotatable bonds is 2. The third kappa shape index (κ3) is 2.00. The number of likely N-dealkylation sites (tertiary alicyclic amines) is 1. The zero-order chi connectivity index (χ0) is 17.0. The maximum absolute atomic E-state index is 12.8. The van der Waals surface area contributed by atoms with Crippen molar-refractivity contribution in [1.82, 2.24) is 14.8 Å². The Bertz CT molecular complexity index is 820. The molecule has 3 saturated heterocycles. The van der Waals surface area contributed by atoms with Gasteiger partial charge in [-0.05, 0) is 11.6 Å². The molecule has 128 valence electrons. The van der Waals surface area contributed by atoms with Crippen molar-refractivity contribution in [1.29, 1.82) is 0 Å². The maximum atomic E-state index is 12.8. The molecule has 25 heavy (non-hydrogen) atoms. The number of hydrogen-bond acceptors (Lipinski definition) is 3. The Morgan fingerprint density at radius 3 is 2.84 bits per heavy atom. The van der Waals surface area contributed by atoms with E-state index in [0.717, 1.165) is 5.56 Å². The largest absolute Gasteiger partial charge is 0.367 e. The molecule has 2 aromatic rings. The monoisotopic (exact) mass is 337 g/mol. The van der Waals surface area contributed by atoms with Crippen LogP contribution in [-0.4, -0.2) is 51.5 Å². The summed E-state index contributed by atoms with van der Waals surface area (Å²) >= 11 is 0. The highest BCUT2D eigenvalue weighted by molar-refractivity contribution is 5.95. The summed E-state index contributed by atoms with van der Waals surface area (Å²) in [5.74, 6) is 0.0412. The van der Waals surface area contributed by atoms with Gasteiger partial charge >= 0.3 is 0 Å². The summed E-state index contributed by atoms with van der Waals surface area (Å²) < 4.78 is 6.45. The predicted molar refractivity (Wildman–Crippen MR) is 89.6 cm³/mol. The number of hydrogen-bond donors (Lipinski definition) is 1. The lowest BCUT2D eigenvalue weighted by molar-refractivity contribution is -0.138. The minimum atomic E-state index is -0.663. The molecule has 0 saturated carbocycles. The highest BCUT2D eigenvalue weighted by Crippen LogP contribution is 2.50. The van der Waals surface area contributed by atoms with Crippen molar-refractivity contribution in [2.24, 2.45) is 0 Å². The van der Waals surface area contributed by atoms with E-state index in [1.165, 1.54) is 0 Å². The quantitative estimate of drug-likeness (QED) is 0.911. The molecule has 4 heterocycles. The molecule has 3 aliphatic rings. The van der Waals surface area contributed by atoms with Crippen molar-refractivity contribution in [3.63, 3.8) is 0 Å². The normalized spacial score (nSPS) is 30.6. The Morgan fingerprint density at radius 2 is 2.08 bits per heavy atom. The van der Waals surface area contributed by atoms with E-state index >= 15 is 0 Å². The van der Waals surface area contributed by atoms with Crippen molar-refractivity contribution in [3.05, 3.63) is 59.9 Å². The first-order valence-electron chi connectivity index (χ1n) is 8.66. The van der Waals surface area contributed by atoms with Gasteiger partial charge in [0.25, 0.3) is 5.91 Å². The van der Waals surface area contributed by atoms with Crippen LogP contribution in [0.4, 0.5) is 0 Å². The number of amides is 2. The van der Waals surface area contributed by atoms with E-state index in [9.17, 15) is 9.59 Å². The van der Waals surface area contributed by atoms with Gasteiger partial charge < -0.3 is 19.5 Å². The Labute approximate surface area is 145 Å². The van der Waals surface area contributed by atoms with Gasteiger partial charge in [-0.15, -0.1) is 0 Å². The van der Waals surface area contributed by atoms with Crippen LogP contribution in [-0.2, 0) is 9.53 Å². The van der Waals surface area contributed by atoms with Crippen LogP contribution in [0.25, 0.3) is 0 Å². The molecule has 1 N–H and O–H groups in total. The molecule has 0 bridgehead atoms. The van der Waals surface area contributed by atoms with E-state index in [0.29, 0.717) is 31.5 Å². The fourth-order valence-corrected chi connectivity index (χ4v) is 4.53. The predicted octanol–water partition coefficient (Wildman–Crippen LogP) is 1.93. The Morgan fingerprint density at radius 1 is 1.24 bits per heavy atom. The molecule has 3 aliphatic heterocycles. The van der Waals surface area contributed by atoms with Crippen molar-refractivity contribution in [2.75, 3.05) is 13.1 Å². The average molecular weight is 337 g/mol. The number of nitrogens with zero attached hydrogens (tertiary/aromatic N) is 2. The fourth-order valence-electron chi connectivity index (χ4n) is 4.53. The van der Waals surface area contributed by atoms with Crippen LogP contribution in [0.2, 0.25) is 0 Å². The summed E-state index contributed by atoms with van der Waals surface area (Å²) in [6.07, 6.45) is 4.32. The molecule has 2 amide bonds. The molecule has 1 spiro atoms. The van der Waals surface area contributed by atoms with E-state index in [-0.39, 0.29) is 24.0 Å². The summed E-state index contributed by atoms with van der Waals surface area (Å²) in [6, 6.07) is 11.5. The first kappa shape index (κ1) is 14.7. The van der Waals surface area contributed by atoms with Gasteiger partial charge in [-0.25, -0.2) is 0 Å². The van der Waals surface area contributed by atoms with E-state index in [2.05, 4.69) is 4.98 Å². The van der Waals surface area contributed by atoms with Crippen molar-refractivity contribution in [3.8, 4) is 0 Å². The molecule has 5 rings (SSSR count). The first-order chi connectivity index (χ1) is 12.2. The van der Waals surface area contributed by atoms with Gasteiger partial charge in [0.05, 0.1) is 24.6 Å². The van der Waals surface area contributed by atoms with E-state index < -0.39 is 5.72 Å². The second kappa shape index (κ2) is 5.20. The maximum Gasteiger partial charge on any atom is 0.255 e. The van der Waals surface area contributed by atoms with Crippen LogP contribution in [0.5, 0.6) is 0 Å². The lowest BCUT2D eigenvalue weighted by atomic mass is 10.1. The Kier molecular flexibility index (Phi) is 3.06. The van der Waals surface area contributed by atoms with Crippen LogP contribution in [0.15, 0.2) is 48.8 Å². The molecular formula is C19H19N3O3. The molecule has 1 aromatic carbocycles. The molecule has 3 atom stereocenters. The van der Waals surface area contributed by atoms with Crippen LogP contribution in [0, 0.1) is 0 Å². The minimum Gasteiger partial charge on any atom is -0.367 e. The Balaban J connectivity index is 1.46. The molecular weight excluding hydrogens is 318 g/mol. The van der Waals surface area contributed by atoms with Gasteiger partial charge in [0, 0.05) is 25.4 Å². The van der Waals surface area contributed by atoms with Gasteiger partial charge in [-0.3, -0.25) is 9.59 Å². The summed E-state index contributed by atoms with van der Waals surface area (Å²) in [5, 5.41) is 0. The van der Waals surface area contributed by atoms with Crippen molar-refractivity contribution < 1.29 is 14.3 Å². The van der Waals surface area contributed by atoms with E-state index in [1.807, 2.05) is 40.1 Å². The molecule has 0 radical (unpaired) electrons. The topological polar surface area (TPSA) is 65.6 Å². The number of carbonyl (C=O) groups excluding carboxylic acids is 2. The summed E-state index contributed by atoms with van der Waals surface area (Å²) in [4.78, 5) is 32.0. The number of aromatic amines is 1. The number of aromatic nitrogens is 1. The van der Waals surface area contributed by atoms with Gasteiger partial charge in [0.1, 0.15) is 6.10 Å². The molecule has 1 aromatic heterocycles. The lowest BCUT2D eigenvalue weighted by Crippen LogP contribution is -2.48. The Hall–Kier alpha value is -2.60. The zero-order valence-corrected chi connectivity index (χ0v) is 13.7. The van der Waals surface area contributed by atoms with Gasteiger partial charge in [-0.1, -0.05) is 30.3 Å². The molecule has 0 aliphatic carbocycles. The molecule has 3 fully saturated rings. The fraction of sp³-hybridized carbons (Fsp3) is 0.368. The van der Waals surface area contributed by atoms with E-state index in [1.54, 1.807) is 18.5 Å². The van der Waals surface area contributed by atoms with Gasteiger partial charge in [0.15, 0.2) is 5.72 Å². The number of carbonyl (C=O) groups is 2. The minimum absolute atomic E-state index is 0.0375. The standard InChI is InChI=1S/C19H19N3O3/c23-17-10-16-19(7-9-21(16)18(24)14-6-8-20-11-14)22(17)12-15(25-19)13-4-2-1-3-5-13/h1-6,8,11,15-16,20H,7,9-10,12H2/t15-,16+,19-/m0/s1. The summed E-state index contributed by atoms with van der Waals surface area (Å²) in [6.45, 7) is 1.17. The number of benzene rings is 1. The average Bonchev–Trinajstić information content (AvgIpc) is 3.38. The third-order valence-corrected chi connectivity index (χ3v) is 5.71. The summed E-state index contributed by atoms with van der Waals surface area (Å²) in [7, 11) is 0. The van der Waals surface area contributed by atoms with Crippen molar-refractivity contribution >= 4 is 11.8 Å². The van der Waals surface area contributed by atoms with Gasteiger partial charge in [-0.2, -0.15) is 0 Å². The van der Waals surface area contributed by atoms with Crippen LogP contribution in [0.3, 0.4) is 0 Å². The highest BCUT2D eigenvalue weighted by Gasteiger charge is 2.65. The molecule has 0 unspecified atom stereocenters. The zero-order valence-electron chi connectivity index (χ0n) is 13.7. The molecule has 6 nitrogen and oxygen atoms in total. The van der Waals surface area contributed by atoms with Gasteiger partial charge in [0.2, 0.25) is 5.91 Å². The number of nitrogens with one attached hydrogen (secondary N) is 1. The number of ether oxygens (including phenoxy) is 1. The van der Waals surface area contributed by atoms with Crippen molar-refractivity contribution in [2.45, 2.75) is 30.7 Å². The summed E-state index contributed by atoms with van der Waals surface area (Å²) in [5.41, 5.74) is 1.04. The smallest absolute Gasteiger partial charge is 0.255 e.